The van der Waals surface area contributed by atoms with E-state index in [-0.39, 0.29) is 11.8 Å². The first-order valence-corrected chi connectivity index (χ1v) is 8.43. The third-order valence-electron chi connectivity index (χ3n) is 4.27. The highest BCUT2D eigenvalue weighted by Gasteiger charge is 2.27. The van der Waals surface area contributed by atoms with E-state index in [9.17, 15) is 9.59 Å². The lowest BCUT2D eigenvalue weighted by Gasteiger charge is -2.17. The summed E-state index contributed by atoms with van der Waals surface area (Å²) in [6.45, 7) is 1.74. The maximum absolute atomic E-state index is 12.4. The fraction of sp³-hybridized carbons (Fsp3) is 0.300. The molecule has 0 saturated carbocycles. The van der Waals surface area contributed by atoms with Crippen molar-refractivity contribution in [1.82, 2.24) is 5.32 Å². The van der Waals surface area contributed by atoms with Gasteiger partial charge in [0.15, 0.2) is 0 Å². The molecule has 5 nitrogen and oxygen atoms in total. The molecular formula is C20H22N2O3. The van der Waals surface area contributed by atoms with Crippen LogP contribution < -0.4 is 10.2 Å². The first kappa shape index (κ1) is 17.2. The summed E-state index contributed by atoms with van der Waals surface area (Å²) in [5.74, 6) is -0.0515. The van der Waals surface area contributed by atoms with E-state index >= 15 is 0 Å². The number of rotatable bonds is 7. The molecule has 1 N–H and O–H groups in total. The number of benzene rings is 2. The van der Waals surface area contributed by atoms with Crippen molar-refractivity contribution in [3.63, 3.8) is 0 Å². The molecule has 0 atom stereocenters. The number of hydrogen-bond donors (Lipinski definition) is 1. The van der Waals surface area contributed by atoms with Gasteiger partial charge in [0.25, 0.3) is 5.91 Å². The van der Waals surface area contributed by atoms with Crippen molar-refractivity contribution >= 4 is 17.5 Å². The standard InChI is InChI=1S/C20H22N2O3/c1-25-11-5-10-21-20(24)16-8-9-18-17(12-16)13-19(23)22(18)14-15-6-3-2-4-7-15/h2-4,6-9,12H,5,10-11,13-14H2,1H3,(H,21,24). The number of amides is 2. The number of carbonyl (C=O) groups excluding carboxylic acids is 2. The van der Waals surface area contributed by atoms with Crippen molar-refractivity contribution in [2.75, 3.05) is 25.2 Å². The van der Waals surface area contributed by atoms with Gasteiger partial charge in [-0.1, -0.05) is 30.3 Å². The SMILES string of the molecule is COCCCNC(=O)c1ccc2c(c1)CC(=O)N2Cc1ccccc1. The van der Waals surface area contributed by atoms with E-state index in [1.54, 1.807) is 18.1 Å². The fourth-order valence-corrected chi connectivity index (χ4v) is 2.98. The molecule has 1 heterocycles. The number of ether oxygens (including phenoxy) is 1. The molecule has 130 valence electrons. The van der Waals surface area contributed by atoms with Crippen LogP contribution in [0, 0.1) is 0 Å². The summed E-state index contributed by atoms with van der Waals surface area (Å²) in [6, 6.07) is 15.4. The van der Waals surface area contributed by atoms with Crippen molar-refractivity contribution in [2.45, 2.75) is 19.4 Å². The largest absolute Gasteiger partial charge is 0.385 e. The topological polar surface area (TPSA) is 58.6 Å². The summed E-state index contributed by atoms with van der Waals surface area (Å²) in [6.07, 6.45) is 1.11. The third-order valence-corrected chi connectivity index (χ3v) is 4.27. The van der Waals surface area contributed by atoms with E-state index < -0.39 is 0 Å². The van der Waals surface area contributed by atoms with Gasteiger partial charge in [0.2, 0.25) is 5.91 Å². The van der Waals surface area contributed by atoms with Gasteiger partial charge in [-0.2, -0.15) is 0 Å². The Morgan fingerprint density at radius 1 is 1.20 bits per heavy atom. The molecule has 1 aliphatic rings. The molecule has 0 aromatic heterocycles. The minimum absolute atomic E-state index is 0.0662. The van der Waals surface area contributed by atoms with Crippen LogP contribution in [-0.2, 0) is 22.5 Å². The molecule has 5 heteroatoms. The summed E-state index contributed by atoms with van der Waals surface area (Å²) in [5.41, 5.74) is 3.48. The Morgan fingerprint density at radius 3 is 2.76 bits per heavy atom. The number of nitrogens with one attached hydrogen (secondary N) is 1. The minimum Gasteiger partial charge on any atom is -0.385 e. The van der Waals surface area contributed by atoms with Gasteiger partial charge < -0.3 is 15.0 Å². The van der Waals surface area contributed by atoms with Gasteiger partial charge in [-0.05, 0) is 35.7 Å². The average molecular weight is 338 g/mol. The summed E-state index contributed by atoms with van der Waals surface area (Å²) >= 11 is 0. The maximum Gasteiger partial charge on any atom is 0.251 e. The first-order chi connectivity index (χ1) is 12.2. The Labute approximate surface area is 147 Å². The second-order valence-corrected chi connectivity index (χ2v) is 6.09. The van der Waals surface area contributed by atoms with Gasteiger partial charge in [-0.3, -0.25) is 9.59 Å². The highest BCUT2D eigenvalue weighted by Crippen LogP contribution is 2.31. The highest BCUT2D eigenvalue weighted by molar-refractivity contribution is 6.03. The van der Waals surface area contributed by atoms with Crippen LogP contribution >= 0.6 is 0 Å². The number of anilines is 1. The normalized spacial score (nSPS) is 13.0. The molecule has 0 fully saturated rings. The zero-order chi connectivity index (χ0) is 17.6. The van der Waals surface area contributed by atoms with Crippen LogP contribution in [0.25, 0.3) is 0 Å². The minimum atomic E-state index is -0.118. The van der Waals surface area contributed by atoms with E-state index in [0.29, 0.717) is 31.7 Å². The van der Waals surface area contributed by atoms with Gasteiger partial charge in [-0.15, -0.1) is 0 Å². The van der Waals surface area contributed by atoms with Crippen LogP contribution in [-0.4, -0.2) is 32.1 Å². The highest BCUT2D eigenvalue weighted by atomic mass is 16.5. The van der Waals surface area contributed by atoms with Crippen LogP contribution in [0.5, 0.6) is 0 Å². The van der Waals surface area contributed by atoms with E-state index in [4.69, 9.17) is 4.74 Å². The van der Waals surface area contributed by atoms with Crippen molar-refractivity contribution in [2.24, 2.45) is 0 Å². The van der Waals surface area contributed by atoms with Crippen molar-refractivity contribution in [3.05, 3.63) is 65.2 Å². The fourth-order valence-electron chi connectivity index (χ4n) is 2.98. The van der Waals surface area contributed by atoms with Gasteiger partial charge in [0.05, 0.1) is 13.0 Å². The number of fused-ring (bicyclic) bond motifs is 1. The van der Waals surface area contributed by atoms with E-state index in [1.807, 2.05) is 42.5 Å². The molecule has 0 spiro atoms. The monoisotopic (exact) mass is 338 g/mol. The van der Waals surface area contributed by atoms with Crippen molar-refractivity contribution in [3.8, 4) is 0 Å². The molecule has 0 saturated heterocycles. The lowest BCUT2D eigenvalue weighted by atomic mass is 10.1. The summed E-state index contributed by atoms with van der Waals surface area (Å²) in [4.78, 5) is 26.4. The average Bonchev–Trinajstić information content (AvgIpc) is 2.94. The van der Waals surface area contributed by atoms with Gasteiger partial charge in [-0.25, -0.2) is 0 Å². The third kappa shape index (κ3) is 4.06. The van der Waals surface area contributed by atoms with Crippen LogP contribution in [0.1, 0.15) is 27.9 Å². The molecular weight excluding hydrogens is 316 g/mol. The van der Waals surface area contributed by atoms with E-state index in [2.05, 4.69) is 5.32 Å². The number of carbonyl (C=O) groups is 2. The predicted octanol–water partition coefficient (Wildman–Crippen LogP) is 2.54. The Hall–Kier alpha value is -2.66. The zero-order valence-corrected chi connectivity index (χ0v) is 14.3. The lowest BCUT2D eigenvalue weighted by Crippen LogP contribution is -2.26. The molecule has 2 aromatic rings. The molecule has 25 heavy (non-hydrogen) atoms. The molecule has 2 aromatic carbocycles. The number of nitrogens with zero attached hydrogens (tertiary/aromatic N) is 1. The molecule has 2 amide bonds. The second kappa shape index (κ2) is 7.94. The lowest BCUT2D eigenvalue weighted by molar-refractivity contribution is -0.117. The van der Waals surface area contributed by atoms with Crippen LogP contribution in [0.2, 0.25) is 0 Å². The van der Waals surface area contributed by atoms with Crippen LogP contribution in [0.4, 0.5) is 5.69 Å². The Balaban J connectivity index is 1.70. The predicted molar refractivity (Wildman–Crippen MR) is 96.6 cm³/mol. The Kier molecular flexibility index (Phi) is 5.46. The van der Waals surface area contributed by atoms with Crippen LogP contribution in [0.15, 0.2) is 48.5 Å². The maximum atomic E-state index is 12.4. The Morgan fingerprint density at radius 2 is 2.00 bits per heavy atom. The van der Waals surface area contributed by atoms with Gasteiger partial charge >= 0.3 is 0 Å². The smallest absolute Gasteiger partial charge is 0.251 e. The van der Waals surface area contributed by atoms with Gasteiger partial charge in [0, 0.05) is 31.5 Å². The number of methoxy groups -OCH3 is 1. The summed E-state index contributed by atoms with van der Waals surface area (Å²) in [5, 5.41) is 2.87. The molecule has 3 rings (SSSR count). The molecule has 1 aliphatic heterocycles. The van der Waals surface area contributed by atoms with Crippen LogP contribution in [0.3, 0.4) is 0 Å². The van der Waals surface area contributed by atoms with E-state index in [1.165, 1.54) is 0 Å². The molecule has 0 radical (unpaired) electrons. The molecule has 0 aliphatic carbocycles. The van der Waals surface area contributed by atoms with E-state index in [0.717, 1.165) is 23.2 Å². The van der Waals surface area contributed by atoms with Crippen molar-refractivity contribution in [1.29, 1.82) is 0 Å². The first-order valence-electron chi connectivity index (χ1n) is 8.43. The second-order valence-electron chi connectivity index (χ2n) is 6.09. The number of hydrogen-bond acceptors (Lipinski definition) is 3. The Bertz CT molecular complexity index is 759. The molecule has 0 unspecified atom stereocenters. The quantitative estimate of drug-likeness (QED) is 0.789. The zero-order valence-electron chi connectivity index (χ0n) is 14.3. The van der Waals surface area contributed by atoms with Crippen molar-refractivity contribution < 1.29 is 14.3 Å². The van der Waals surface area contributed by atoms with Gasteiger partial charge in [0.1, 0.15) is 0 Å². The summed E-state index contributed by atoms with van der Waals surface area (Å²) < 4.78 is 4.97. The summed E-state index contributed by atoms with van der Waals surface area (Å²) in [7, 11) is 1.64. The molecule has 0 bridgehead atoms.